The van der Waals surface area contributed by atoms with E-state index in [1.54, 1.807) is 17.9 Å². The molecule has 1 aromatic heterocycles. The van der Waals surface area contributed by atoms with Crippen molar-refractivity contribution < 1.29 is 18.7 Å². The summed E-state index contributed by atoms with van der Waals surface area (Å²) in [6.07, 6.45) is -0.188. The smallest absolute Gasteiger partial charge is 0.274 e. The summed E-state index contributed by atoms with van der Waals surface area (Å²) in [5.41, 5.74) is 2.50. The van der Waals surface area contributed by atoms with Crippen LogP contribution >= 0.6 is 11.6 Å². The number of methoxy groups -OCH3 is 1. The Morgan fingerprint density at radius 3 is 2.86 bits per heavy atom. The molecule has 0 saturated carbocycles. The van der Waals surface area contributed by atoms with Crippen LogP contribution in [-0.2, 0) is 24.4 Å². The number of hydrogen-bond donors (Lipinski definition) is 1. The van der Waals surface area contributed by atoms with Crippen LogP contribution < -0.4 is 10.1 Å². The van der Waals surface area contributed by atoms with E-state index in [9.17, 15) is 9.18 Å². The molecule has 7 nitrogen and oxygen atoms in total. The first-order chi connectivity index (χ1) is 14.0. The molecule has 0 radical (unpaired) electrons. The Labute approximate surface area is 171 Å². The topological polar surface area (TPSA) is 78.3 Å². The van der Waals surface area contributed by atoms with E-state index in [4.69, 9.17) is 21.1 Å². The van der Waals surface area contributed by atoms with E-state index >= 15 is 0 Å². The van der Waals surface area contributed by atoms with Crippen LogP contribution in [0.25, 0.3) is 0 Å². The molecule has 2 heterocycles. The minimum atomic E-state index is -0.502. The number of nitrogens with zero attached hydrogens (tertiary/aromatic N) is 3. The maximum Gasteiger partial charge on any atom is 0.274 e. The van der Waals surface area contributed by atoms with Crippen molar-refractivity contribution in [3.8, 4) is 5.75 Å². The SMILES string of the molecule is COc1ccc([C@@H]2Cn3nnc(C(=O)NCc4ccc(F)c(Cl)c4)c3CO2)cc1. The zero-order valence-corrected chi connectivity index (χ0v) is 16.3. The monoisotopic (exact) mass is 416 g/mol. The summed E-state index contributed by atoms with van der Waals surface area (Å²) >= 11 is 5.77. The van der Waals surface area contributed by atoms with Crippen molar-refractivity contribution >= 4 is 17.5 Å². The van der Waals surface area contributed by atoms with Gasteiger partial charge in [0, 0.05) is 6.54 Å². The molecule has 9 heteroatoms. The summed E-state index contributed by atoms with van der Waals surface area (Å²) in [6, 6.07) is 11.9. The lowest BCUT2D eigenvalue weighted by molar-refractivity contribution is -0.00179. The number of benzene rings is 2. The van der Waals surface area contributed by atoms with E-state index in [1.165, 1.54) is 12.1 Å². The van der Waals surface area contributed by atoms with E-state index in [1.807, 2.05) is 24.3 Å². The lowest BCUT2D eigenvalue weighted by Gasteiger charge is -2.24. The highest BCUT2D eigenvalue weighted by Crippen LogP contribution is 2.28. The van der Waals surface area contributed by atoms with Crippen LogP contribution in [0.1, 0.15) is 33.4 Å². The van der Waals surface area contributed by atoms with Crippen LogP contribution in [0.2, 0.25) is 5.02 Å². The Hall–Kier alpha value is -2.97. The van der Waals surface area contributed by atoms with Gasteiger partial charge in [0.05, 0.1) is 31.0 Å². The fraction of sp³-hybridized carbons (Fsp3) is 0.250. The third kappa shape index (κ3) is 4.08. The largest absolute Gasteiger partial charge is 0.497 e. The number of hydrogen-bond acceptors (Lipinski definition) is 5. The van der Waals surface area contributed by atoms with Crippen molar-refractivity contribution in [2.45, 2.75) is 25.8 Å². The highest BCUT2D eigenvalue weighted by atomic mass is 35.5. The first-order valence-corrected chi connectivity index (χ1v) is 9.33. The summed E-state index contributed by atoms with van der Waals surface area (Å²) < 4.78 is 26.0. The number of rotatable bonds is 5. The van der Waals surface area contributed by atoms with Crippen LogP contribution in [0.3, 0.4) is 0 Å². The lowest BCUT2D eigenvalue weighted by Crippen LogP contribution is -2.27. The Kier molecular flexibility index (Phi) is 5.46. The molecule has 4 rings (SSSR count). The molecule has 0 spiro atoms. The predicted molar refractivity (Wildman–Crippen MR) is 103 cm³/mol. The molecule has 29 heavy (non-hydrogen) atoms. The Balaban J connectivity index is 1.43. The number of aromatic nitrogens is 3. The molecule has 1 aliphatic rings. The van der Waals surface area contributed by atoms with Gasteiger partial charge in [0.1, 0.15) is 17.7 Å². The third-order valence-corrected chi connectivity index (χ3v) is 5.03. The van der Waals surface area contributed by atoms with Gasteiger partial charge in [-0.3, -0.25) is 4.79 Å². The van der Waals surface area contributed by atoms with Gasteiger partial charge in [0.25, 0.3) is 5.91 Å². The summed E-state index contributed by atoms with van der Waals surface area (Å²) in [5, 5.41) is 10.9. The van der Waals surface area contributed by atoms with Gasteiger partial charge in [0.2, 0.25) is 0 Å². The Morgan fingerprint density at radius 2 is 2.14 bits per heavy atom. The Morgan fingerprint density at radius 1 is 1.34 bits per heavy atom. The van der Waals surface area contributed by atoms with E-state index < -0.39 is 5.82 Å². The quantitative estimate of drug-likeness (QED) is 0.690. The van der Waals surface area contributed by atoms with E-state index in [2.05, 4.69) is 15.6 Å². The van der Waals surface area contributed by atoms with Gasteiger partial charge in [-0.05, 0) is 35.4 Å². The van der Waals surface area contributed by atoms with Crippen molar-refractivity contribution in [1.82, 2.24) is 20.3 Å². The number of fused-ring (bicyclic) bond motifs is 1. The van der Waals surface area contributed by atoms with Gasteiger partial charge in [-0.25, -0.2) is 9.07 Å². The summed E-state index contributed by atoms with van der Waals surface area (Å²) in [6.45, 7) is 0.866. The summed E-state index contributed by atoms with van der Waals surface area (Å²) in [7, 11) is 1.62. The molecule has 1 N–H and O–H groups in total. The average Bonchev–Trinajstić information content (AvgIpc) is 3.18. The van der Waals surface area contributed by atoms with Crippen LogP contribution in [0.15, 0.2) is 42.5 Å². The molecule has 0 unspecified atom stereocenters. The predicted octanol–water partition coefficient (Wildman–Crippen LogP) is 3.28. The maximum absolute atomic E-state index is 13.2. The first kappa shape index (κ1) is 19.4. The van der Waals surface area contributed by atoms with E-state index in [-0.39, 0.29) is 35.9 Å². The number of carbonyl (C=O) groups excluding carboxylic acids is 1. The highest BCUT2D eigenvalue weighted by Gasteiger charge is 2.27. The number of carbonyl (C=O) groups is 1. The molecule has 1 amide bonds. The lowest BCUT2D eigenvalue weighted by atomic mass is 10.1. The second-order valence-electron chi connectivity index (χ2n) is 6.57. The van der Waals surface area contributed by atoms with Crippen LogP contribution in [0.5, 0.6) is 5.75 Å². The average molecular weight is 417 g/mol. The number of halogens is 2. The maximum atomic E-state index is 13.2. The van der Waals surface area contributed by atoms with Crippen LogP contribution in [0.4, 0.5) is 4.39 Å². The molecule has 3 aromatic rings. The van der Waals surface area contributed by atoms with E-state index in [0.29, 0.717) is 17.8 Å². The van der Waals surface area contributed by atoms with Gasteiger partial charge >= 0.3 is 0 Å². The van der Waals surface area contributed by atoms with Crippen LogP contribution in [-0.4, -0.2) is 28.0 Å². The zero-order valence-electron chi connectivity index (χ0n) is 15.6. The molecule has 1 aliphatic heterocycles. The molecule has 150 valence electrons. The van der Waals surface area contributed by atoms with Gasteiger partial charge in [0.15, 0.2) is 5.69 Å². The number of ether oxygens (including phenoxy) is 2. The first-order valence-electron chi connectivity index (χ1n) is 8.95. The normalized spacial score (nSPS) is 15.6. The Bertz CT molecular complexity index is 1040. The molecule has 0 saturated heterocycles. The third-order valence-electron chi connectivity index (χ3n) is 4.74. The second kappa shape index (κ2) is 8.18. The number of nitrogens with one attached hydrogen (secondary N) is 1. The fourth-order valence-corrected chi connectivity index (χ4v) is 3.33. The second-order valence-corrected chi connectivity index (χ2v) is 6.98. The molecule has 1 atom stereocenters. The van der Waals surface area contributed by atoms with Crippen molar-refractivity contribution in [2.24, 2.45) is 0 Å². The van der Waals surface area contributed by atoms with Crippen molar-refractivity contribution in [1.29, 1.82) is 0 Å². The van der Waals surface area contributed by atoms with Gasteiger partial charge in [-0.2, -0.15) is 0 Å². The molecular weight excluding hydrogens is 399 g/mol. The highest BCUT2D eigenvalue weighted by molar-refractivity contribution is 6.30. The van der Waals surface area contributed by atoms with Crippen molar-refractivity contribution in [2.75, 3.05) is 7.11 Å². The minimum absolute atomic E-state index is 0.00996. The molecule has 0 aliphatic carbocycles. The molecule has 2 aromatic carbocycles. The summed E-state index contributed by atoms with van der Waals surface area (Å²) in [5.74, 6) is -0.108. The van der Waals surface area contributed by atoms with Crippen molar-refractivity contribution in [3.05, 3.63) is 75.8 Å². The molecular formula is C20H18ClFN4O3. The van der Waals surface area contributed by atoms with Gasteiger partial charge in [-0.15, -0.1) is 5.10 Å². The van der Waals surface area contributed by atoms with Crippen LogP contribution in [0, 0.1) is 5.82 Å². The van der Waals surface area contributed by atoms with Gasteiger partial charge < -0.3 is 14.8 Å². The molecule has 0 fully saturated rings. The zero-order chi connectivity index (χ0) is 20.4. The van der Waals surface area contributed by atoms with Gasteiger partial charge in [-0.1, -0.05) is 35.0 Å². The standard InChI is InChI=1S/C20H18ClFN4O3/c1-28-14-5-3-13(4-6-14)18-10-26-17(11-29-18)19(24-25-26)20(27)23-9-12-2-7-16(22)15(21)8-12/h2-8,18H,9-11H2,1H3,(H,23,27)/t18-/m0/s1. The van der Waals surface area contributed by atoms with Crippen molar-refractivity contribution in [3.63, 3.8) is 0 Å². The van der Waals surface area contributed by atoms with E-state index in [0.717, 1.165) is 11.3 Å². The summed E-state index contributed by atoms with van der Waals surface area (Å²) in [4.78, 5) is 12.5. The number of amides is 1. The minimum Gasteiger partial charge on any atom is -0.497 e. The fourth-order valence-electron chi connectivity index (χ4n) is 3.12. The molecule has 0 bridgehead atoms.